The number of amides is 5. The Hall–Kier alpha value is -6.35. The minimum absolute atomic E-state index is 0.0686. The molecule has 0 saturated carbocycles. The number of carbonyl (C=O) groups is 7. The lowest BCUT2D eigenvalue weighted by Crippen LogP contribution is -2.59. The molecule has 3 aromatic carbocycles. The Balaban J connectivity index is 1.51. The molecule has 0 spiro atoms. The number of carboxylic acids is 1. The van der Waals surface area contributed by atoms with Gasteiger partial charge in [-0.3, -0.25) is 28.8 Å². The first-order valence-corrected chi connectivity index (χ1v) is 19.7. The van der Waals surface area contributed by atoms with Crippen LogP contribution < -0.4 is 26.6 Å². The number of carboxylic acid groups (broad SMARTS) is 1. The summed E-state index contributed by atoms with van der Waals surface area (Å²) in [7, 11) is 0. The molecule has 4 atom stereocenters. The third-order valence-electron chi connectivity index (χ3n) is 9.07. The van der Waals surface area contributed by atoms with E-state index in [1.165, 1.54) is 11.3 Å². The summed E-state index contributed by atoms with van der Waals surface area (Å²) in [4.78, 5) is 94.6. The van der Waals surface area contributed by atoms with Gasteiger partial charge in [0.1, 0.15) is 29.8 Å². The second-order valence-corrected chi connectivity index (χ2v) is 16.0. The Morgan fingerprint density at radius 2 is 1.29 bits per heavy atom. The fourth-order valence-electron chi connectivity index (χ4n) is 6.20. The van der Waals surface area contributed by atoms with Gasteiger partial charge in [-0.15, -0.1) is 11.3 Å². The Morgan fingerprint density at radius 1 is 0.690 bits per heavy atom. The van der Waals surface area contributed by atoms with Gasteiger partial charge in [-0.25, -0.2) is 4.79 Å². The largest absolute Gasteiger partial charge is 0.480 e. The zero-order valence-corrected chi connectivity index (χ0v) is 33.2. The van der Waals surface area contributed by atoms with Crippen LogP contribution in [0.1, 0.15) is 56.0 Å². The SMILES string of the molecule is CC(C)(C)OC(=O)C[C@@H]1NC(=O)[C@H](Cc2ccc(-c3ccccc3)cc2)NC(=O)[C@@H](Cc2cccs2)NC(=O)CCC(=O)Nc2ccc(cc2)C[C@@H](C(=O)O)NC1=O. The zero-order chi connectivity index (χ0) is 41.8. The van der Waals surface area contributed by atoms with E-state index < -0.39 is 77.7 Å². The van der Waals surface area contributed by atoms with E-state index >= 15 is 0 Å². The van der Waals surface area contributed by atoms with Gasteiger partial charge in [0, 0.05) is 42.7 Å². The maximum absolute atomic E-state index is 14.3. The van der Waals surface area contributed by atoms with E-state index in [0.717, 1.165) is 16.0 Å². The van der Waals surface area contributed by atoms with Gasteiger partial charge in [0.05, 0.1) is 6.42 Å². The van der Waals surface area contributed by atoms with Gasteiger partial charge in [0.25, 0.3) is 0 Å². The summed E-state index contributed by atoms with van der Waals surface area (Å²) in [6.07, 6.45) is -1.26. The molecule has 6 N–H and O–H groups in total. The van der Waals surface area contributed by atoms with E-state index in [2.05, 4.69) is 26.6 Å². The fraction of sp³-hybridized carbons (Fsp3) is 0.326. The highest BCUT2D eigenvalue weighted by Crippen LogP contribution is 2.21. The van der Waals surface area contributed by atoms with Gasteiger partial charge < -0.3 is 36.4 Å². The smallest absolute Gasteiger partial charge is 0.326 e. The van der Waals surface area contributed by atoms with E-state index in [-0.39, 0.29) is 32.1 Å². The third-order valence-corrected chi connectivity index (χ3v) is 9.96. The molecule has 14 nitrogen and oxygen atoms in total. The Bertz CT molecular complexity index is 2080. The second-order valence-electron chi connectivity index (χ2n) is 14.9. The van der Waals surface area contributed by atoms with Crippen molar-refractivity contribution in [2.45, 2.75) is 89.1 Å². The van der Waals surface area contributed by atoms with Crippen molar-refractivity contribution >= 4 is 58.5 Å². The molecule has 6 rings (SSSR count). The van der Waals surface area contributed by atoms with Gasteiger partial charge >= 0.3 is 11.9 Å². The highest BCUT2D eigenvalue weighted by atomic mass is 32.1. The van der Waals surface area contributed by atoms with Crippen LogP contribution in [-0.4, -0.2) is 76.3 Å². The van der Waals surface area contributed by atoms with Crippen molar-refractivity contribution in [3.63, 3.8) is 0 Å². The topological polar surface area (TPSA) is 209 Å². The number of aliphatic carboxylic acids is 1. The van der Waals surface area contributed by atoms with E-state index in [1.807, 2.05) is 47.8 Å². The summed E-state index contributed by atoms with van der Waals surface area (Å²) in [5, 5.41) is 25.1. The molecule has 0 unspecified atom stereocenters. The summed E-state index contributed by atoms with van der Waals surface area (Å²) in [5.41, 5.74) is 2.47. The maximum atomic E-state index is 14.3. The van der Waals surface area contributed by atoms with Crippen molar-refractivity contribution in [2.24, 2.45) is 0 Å². The molecule has 4 aromatic rings. The second kappa shape index (κ2) is 19.7. The first kappa shape index (κ1) is 42.8. The molecule has 1 aromatic heterocycles. The molecule has 2 aliphatic heterocycles. The summed E-state index contributed by atoms with van der Waals surface area (Å²) < 4.78 is 5.45. The van der Waals surface area contributed by atoms with Crippen LogP contribution >= 0.6 is 11.3 Å². The molecule has 0 radical (unpaired) electrons. The molecule has 58 heavy (non-hydrogen) atoms. The molecule has 0 saturated heterocycles. The molecular weight excluding hydrogens is 763 g/mol. The molecule has 2 aliphatic rings. The number of benzene rings is 3. The summed E-state index contributed by atoms with van der Waals surface area (Å²) in [6, 6.07) is 21.2. The van der Waals surface area contributed by atoms with Crippen LogP contribution in [0.2, 0.25) is 0 Å². The van der Waals surface area contributed by atoms with Crippen LogP contribution in [0.15, 0.2) is 96.4 Å². The Kier molecular flexibility index (Phi) is 14.5. The van der Waals surface area contributed by atoms with Crippen LogP contribution in [0.4, 0.5) is 5.69 Å². The fourth-order valence-corrected chi connectivity index (χ4v) is 6.95. The predicted molar refractivity (Wildman–Crippen MR) is 217 cm³/mol. The maximum Gasteiger partial charge on any atom is 0.326 e. The van der Waals surface area contributed by atoms with E-state index in [0.29, 0.717) is 16.8 Å². The highest BCUT2D eigenvalue weighted by Gasteiger charge is 2.34. The number of rotatable bonds is 8. The zero-order valence-electron chi connectivity index (χ0n) is 32.4. The Labute approximate surface area is 340 Å². The van der Waals surface area contributed by atoms with E-state index in [4.69, 9.17) is 4.74 Å². The van der Waals surface area contributed by atoms with Crippen molar-refractivity contribution < 1.29 is 43.4 Å². The number of thiophene rings is 1. The minimum Gasteiger partial charge on any atom is -0.480 e. The monoisotopic (exact) mass is 809 g/mol. The molecule has 15 heteroatoms. The first-order chi connectivity index (χ1) is 27.6. The molecule has 2 bridgehead atoms. The quantitative estimate of drug-likeness (QED) is 0.112. The number of nitrogens with one attached hydrogen (secondary N) is 5. The molecule has 3 heterocycles. The normalized spacial score (nSPS) is 20.0. The number of ether oxygens (including phenoxy) is 1. The number of hydrogen-bond acceptors (Lipinski definition) is 9. The number of fused-ring (bicyclic) bond motifs is 18. The van der Waals surface area contributed by atoms with Gasteiger partial charge in [-0.1, -0.05) is 72.8 Å². The molecule has 5 amide bonds. The first-order valence-electron chi connectivity index (χ1n) is 18.8. The van der Waals surface area contributed by atoms with Crippen LogP contribution in [0.25, 0.3) is 11.1 Å². The van der Waals surface area contributed by atoms with E-state index in [1.54, 1.807) is 69.3 Å². The predicted octanol–water partition coefficient (Wildman–Crippen LogP) is 3.93. The van der Waals surface area contributed by atoms with Crippen LogP contribution in [-0.2, 0) is 57.6 Å². The van der Waals surface area contributed by atoms with Crippen molar-refractivity contribution in [1.82, 2.24) is 21.3 Å². The summed E-state index contributed by atoms with van der Waals surface area (Å²) in [5.74, 6) is -5.77. The number of esters is 1. The van der Waals surface area contributed by atoms with Gasteiger partial charge in [-0.05, 0) is 66.6 Å². The van der Waals surface area contributed by atoms with Crippen molar-refractivity contribution in [3.8, 4) is 11.1 Å². The number of carbonyl (C=O) groups excluding carboxylic acids is 6. The van der Waals surface area contributed by atoms with Crippen LogP contribution in [0.3, 0.4) is 0 Å². The van der Waals surface area contributed by atoms with Crippen LogP contribution in [0, 0.1) is 0 Å². The average Bonchev–Trinajstić information content (AvgIpc) is 3.69. The Morgan fingerprint density at radius 3 is 1.91 bits per heavy atom. The highest BCUT2D eigenvalue weighted by molar-refractivity contribution is 7.09. The lowest BCUT2D eigenvalue weighted by atomic mass is 9.99. The van der Waals surface area contributed by atoms with Crippen molar-refractivity contribution in [3.05, 3.63) is 112 Å². The van der Waals surface area contributed by atoms with Crippen molar-refractivity contribution in [2.75, 3.05) is 5.32 Å². The third kappa shape index (κ3) is 13.1. The molecular formula is C43H47N5O9S. The molecule has 0 aliphatic carbocycles. The van der Waals surface area contributed by atoms with E-state index in [9.17, 15) is 38.7 Å². The number of anilines is 1. The molecule has 304 valence electrons. The van der Waals surface area contributed by atoms with Gasteiger partial charge in [-0.2, -0.15) is 0 Å². The lowest BCUT2D eigenvalue weighted by molar-refractivity contribution is -0.156. The number of hydrogen-bond donors (Lipinski definition) is 6. The lowest BCUT2D eigenvalue weighted by Gasteiger charge is -2.27. The van der Waals surface area contributed by atoms with Crippen LogP contribution in [0.5, 0.6) is 0 Å². The summed E-state index contributed by atoms with van der Waals surface area (Å²) >= 11 is 1.37. The van der Waals surface area contributed by atoms with Gasteiger partial charge in [0.2, 0.25) is 29.5 Å². The average molecular weight is 810 g/mol. The summed E-state index contributed by atoms with van der Waals surface area (Å²) in [6.45, 7) is 4.91. The standard InChI is InChI=1S/C43H47N5O9S/c1-43(2,3)57-38(51)25-34-41(54)48-35(42(55)56)23-27-13-17-30(18-14-27)44-36(49)19-20-37(50)45-33(24-31-10-7-21-58-31)40(53)46-32(39(52)47-34)22-26-11-15-29(16-12-26)28-8-5-4-6-9-28/h4-18,21,32-35H,19-20,22-25H2,1-3H3,(H,44,49)(H,45,50)(H,46,53)(H,47,52)(H,48,54)(H,55,56)/t32-,33+,34-,35-/m0/s1. The van der Waals surface area contributed by atoms with Crippen molar-refractivity contribution in [1.29, 1.82) is 0 Å². The molecule has 0 fully saturated rings. The minimum atomic E-state index is -1.61. The van der Waals surface area contributed by atoms with Gasteiger partial charge in [0.15, 0.2) is 0 Å².